The zero-order valence-corrected chi connectivity index (χ0v) is 16.8. The molecular weight excluding hydrogens is 356 g/mol. The Morgan fingerprint density at radius 1 is 0.828 bits per heavy atom. The molecule has 0 unspecified atom stereocenters. The van der Waals surface area contributed by atoms with Crippen molar-refractivity contribution < 1.29 is 4.42 Å². The highest BCUT2D eigenvalue weighted by Gasteiger charge is 2.19. The van der Waals surface area contributed by atoms with Crippen LogP contribution in [0.2, 0.25) is 0 Å². The lowest BCUT2D eigenvalue weighted by atomic mass is 9.92. The SMILES string of the molecule is Cc1ccc2c(oc3ncccc32)c1-c1ncccc1-c1cccc(C(C)C)c1. The van der Waals surface area contributed by atoms with Crippen molar-refractivity contribution in [3.8, 4) is 22.4 Å². The van der Waals surface area contributed by atoms with Gasteiger partial charge in [-0.3, -0.25) is 4.98 Å². The molecule has 0 aliphatic heterocycles. The molecule has 3 aromatic heterocycles. The first-order valence-corrected chi connectivity index (χ1v) is 9.96. The summed E-state index contributed by atoms with van der Waals surface area (Å²) in [6.07, 6.45) is 3.62. The van der Waals surface area contributed by atoms with Crippen LogP contribution in [0.5, 0.6) is 0 Å². The van der Waals surface area contributed by atoms with Crippen molar-refractivity contribution >= 4 is 22.1 Å². The number of hydrogen-bond donors (Lipinski definition) is 0. The molecule has 0 aliphatic carbocycles. The van der Waals surface area contributed by atoms with E-state index in [1.54, 1.807) is 6.20 Å². The fourth-order valence-corrected chi connectivity index (χ4v) is 3.97. The Morgan fingerprint density at radius 2 is 1.66 bits per heavy atom. The first kappa shape index (κ1) is 17.6. The molecule has 5 aromatic rings. The molecule has 0 fully saturated rings. The zero-order valence-electron chi connectivity index (χ0n) is 16.8. The average Bonchev–Trinajstić information content (AvgIpc) is 3.12. The first-order valence-electron chi connectivity index (χ1n) is 9.96. The van der Waals surface area contributed by atoms with Crippen LogP contribution in [0, 0.1) is 6.92 Å². The van der Waals surface area contributed by atoms with E-state index in [1.165, 1.54) is 11.1 Å². The third kappa shape index (κ3) is 2.90. The lowest BCUT2D eigenvalue weighted by Gasteiger charge is -2.13. The molecule has 0 N–H and O–H groups in total. The van der Waals surface area contributed by atoms with E-state index in [2.05, 4.69) is 74.3 Å². The predicted molar refractivity (Wildman–Crippen MR) is 119 cm³/mol. The van der Waals surface area contributed by atoms with Crippen molar-refractivity contribution in [2.75, 3.05) is 0 Å². The second kappa shape index (κ2) is 6.85. The summed E-state index contributed by atoms with van der Waals surface area (Å²) in [5.74, 6) is 0.474. The van der Waals surface area contributed by atoms with Crippen molar-refractivity contribution in [1.29, 1.82) is 0 Å². The number of aromatic nitrogens is 2. The number of hydrogen-bond acceptors (Lipinski definition) is 3. The molecule has 3 heterocycles. The Balaban J connectivity index is 1.81. The fraction of sp³-hybridized carbons (Fsp3) is 0.154. The molecule has 0 aliphatic rings. The number of nitrogens with zero attached hydrogens (tertiary/aromatic N) is 2. The van der Waals surface area contributed by atoms with Gasteiger partial charge in [-0.2, -0.15) is 0 Å². The van der Waals surface area contributed by atoms with Gasteiger partial charge in [0.1, 0.15) is 5.58 Å². The maximum absolute atomic E-state index is 6.22. The number of furan rings is 1. The van der Waals surface area contributed by atoms with Crippen molar-refractivity contribution in [2.45, 2.75) is 26.7 Å². The number of fused-ring (bicyclic) bond motifs is 3. The third-order valence-electron chi connectivity index (χ3n) is 5.53. The highest BCUT2D eigenvalue weighted by molar-refractivity contribution is 6.09. The molecule has 0 amide bonds. The van der Waals surface area contributed by atoms with Gasteiger partial charge in [0.05, 0.1) is 5.69 Å². The van der Waals surface area contributed by atoms with Crippen LogP contribution in [-0.2, 0) is 0 Å². The number of benzene rings is 2. The Labute approximate surface area is 170 Å². The summed E-state index contributed by atoms with van der Waals surface area (Å²) in [7, 11) is 0. The maximum atomic E-state index is 6.22. The van der Waals surface area contributed by atoms with E-state index in [4.69, 9.17) is 9.40 Å². The van der Waals surface area contributed by atoms with E-state index in [0.717, 1.165) is 38.7 Å². The molecule has 0 spiro atoms. The number of pyridine rings is 2. The van der Waals surface area contributed by atoms with Gasteiger partial charge < -0.3 is 4.42 Å². The van der Waals surface area contributed by atoms with E-state index in [-0.39, 0.29) is 0 Å². The van der Waals surface area contributed by atoms with Gasteiger partial charge in [-0.1, -0.05) is 56.3 Å². The summed E-state index contributed by atoms with van der Waals surface area (Å²) in [5, 5.41) is 2.10. The van der Waals surface area contributed by atoms with Crippen LogP contribution in [0.3, 0.4) is 0 Å². The minimum Gasteiger partial charge on any atom is -0.437 e. The fourth-order valence-electron chi connectivity index (χ4n) is 3.97. The van der Waals surface area contributed by atoms with Gasteiger partial charge in [-0.15, -0.1) is 0 Å². The quantitative estimate of drug-likeness (QED) is 0.335. The van der Waals surface area contributed by atoms with Crippen LogP contribution in [0.25, 0.3) is 44.5 Å². The highest BCUT2D eigenvalue weighted by atomic mass is 16.3. The second-order valence-corrected chi connectivity index (χ2v) is 7.77. The summed E-state index contributed by atoms with van der Waals surface area (Å²) in [6.45, 7) is 6.55. The van der Waals surface area contributed by atoms with Gasteiger partial charge in [0, 0.05) is 34.3 Å². The molecule has 0 saturated heterocycles. The van der Waals surface area contributed by atoms with Gasteiger partial charge in [0.15, 0.2) is 0 Å². The van der Waals surface area contributed by atoms with Crippen LogP contribution < -0.4 is 0 Å². The summed E-state index contributed by atoms with van der Waals surface area (Å²) < 4.78 is 6.22. The normalized spacial score (nSPS) is 11.6. The van der Waals surface area contributed by atoms with Gasteiger partial charge in [-0.25, -0.2) is 4.98 Å². The van der Waals surface area contributed by atoms with Crippen LogP contribution in [0.4, 0.5) is 0 Å². The van der Waals surface area contributed by atoms with Crippen LogP contribution in [0.1, 0.15) is 30.9 Å². The summed E-state index contributed by atoms with van der Waals surface area (Å²) in [6, 6.07) is 21.1. The van der Waals surface area contributed by atoms with Crippen molar-refractivity contribution in [2.24, 2.45) is 0 Å². The smallest absolute Gasteiger partial charge is 0.227 e. The molecule has 0 bridgehead atoms. The standard InChI is InChI=1S/C26H22N2O/c1-16(2)18-7-4-8-19(15-18)20-9-5-13-27-24(20)23-17(3)11-12-21-22-10-6-14-28-26(22)29-25(21)23/h4-16H,1-3H3. The van der Waals surface area contributed by atoms with Crippen molar-refractivity contribution in [3.63, 3.8) is 0 Å². The molecule has 0 radical (unpaired) electrons. The minimum absolute atomic E-state index is 0.474. The van der Waals surface area contributed by atoms with Gasteiger partial charge in [0.25, 0.3) is 0 Å². The van der Waals surface area contributed by atoms with E-state index in [9.17, 15) is 0 Å². The predicted octanol–water partition coefficient (Wildman–Crippen LogP) is 7.14. The first-order chi connectivity index (χ1) is 14.1. The van der Waals surface area contributed by atoms with E-state index < -0.39 is 0 Å². The monoisotopic (exact) mass is 378 g/mol. The lowest BCUT2D eigenvalue weighted by molar-refractivity contribution is 0.654. The summed E-state index contributed by atoms with van der Waals surface area (Å²) in [4.78, 5) is 9.21. The largest absolute Gasteiger partial charge is 0.437 e. The Morgan fingerprint density at radius 3 is 2.52 bits per heavy atom. The van der Waals surface area contributed by atoms with Crippen molar-refractivity contribution in [1.82, 2.24) is 9.97 Å². The van der Waals surface area contributed by atoms with E-state index in [1.807, 2.05) is 18.3 Å². The molecule has 29 heavy (non-hydrogen) atoms. The molecular formula is C26H22N2O. The van der Waals surface area contributed by atoms with E-state index >= 15 is 0 Å². The third-order valence-corrected chi connectivity index (χ3v) is 5.53. The Hall–Kier alpha value is -3.46. The number of rotatable bonds is 3. The summed E-state index contributed by atoms with van der Waals surface area (Å²) in [5.41, 5.74) is 8.22. The average molecular weight is 378 g/mol. The van der Waals surface area contributed by atoms with Gasteiger partial charge in [-0.05, 0) is 47.7 Å². The molecule has 0 saturated carbocycles. The molecule has 5 rings (SSSR count). The molecule has 3 nitrogen and oxygen atoms in total. The van der Waals surface area contributed by atoms with Gasteiger partial charge in [0.2, 0.25) is 5.71 Å². The zero-order chi connectivity index (χ0) is 20.0. The van der Waals surface area contributed by atoms with Crippen molar-refractivity contribution in [3.05, 3.63) is 84.2 Å². The second-order valence-electron chi connectivity index (χ2n) is 7.77. The Kier molecular flexibility index (Phi) is 4.17. The minimum atomic E-state index is 0.474. The topological polar surface area (TPSA) is 38.9 Å². The van der Waals surface area contributed by atoms with E-state index in [0.29, 0.717) is 11.6 Å². The van der Waals surface area contributed by atoms with Crippen LogP contribution in [-0.4, -0.2) is 9.97 Å². The molecule has 3 heteroatoms. The molecule has 2 aromatic carbocycles. The highest BCUT2D eigenvalue weighted by Crippen LogP contribution is 2.40. The maximum Gasteiger partial charge on any atom is 0.227 e. The molecule has 142 valence electrons. The Bertz CT molecular complexity index is 1350. The van der Waals surface area contributed by atoms with Crippen LogP contribution in [0.15, 0.2) is 77.5 Å². The lowest BCUT2D eigenvalue weighted by Crippen LogP contribution is -1.93. The molecule has 0 atom stereocenters. The van der Waals surface area contributed by atoms with Gasteiger partial charge >= 0.3 is 0 Å². The number of aryl methyl sites for hydroxylation is 1. The summed E-state index contributed by atoms with van der Waals surface area (Å²) >= 11 is 0. The van der Waals surface area contributed by atoms with Crippen LogP contribution >= 0.6 is 0 Å².